The fourth-order valence-electron chi connectivity index (χ4n) is 2.90. The summed E-state index contributed by atoms with van der Waals surface area (Å²) in [6.07, 6.45) is 0. The number of nitrogens with zero attached hydrogens (tertiary/aromatic N) is 6. The van der Waals surface area contributed by atoms with E-state index in [1.54, 1.807) is 0 Å². The van der Waals surface area contributed by atoms with Crippen molar-refractivity contribution in [3.63, 3.8) is 0 Å². The zero-order chi connectivity index (χ0) is 34.8. The van der Waals surface area contributed by atoms with Gasteiger partial charge in [-0.25, -0.2) is 14.4 Å². The molecule has 3 rings (SSSR count). The molecule has 0 bridgehead atoms. The second-order valence-corrected chi connectivity index (χ2v) is 7.56. The summed E-state index contributed by atoms with van der Waals surface area (Å²) in [6.45, 7) is 0. The van der Waals surface area contributed by atoms with Crippen molar-refractivity contribution in [1.29, 1.82) is 0 Å². The number of nitro benzene ring substituents is 6. The van der Waals surface area contributed by atoms with Gasteiger partial charge < -0.3 is 15.3 Å². The third-order valence-corrected chi connectivity index (χ3v) is 4.86. The Labute approximate surface area is 275 Å². The minimum absolute atomic E-state index is 0. The molecule has 237 valence electrons. The molecule has 3 N–H and O–H groups in total. The molecule has 0 aliphatic heterocycles. The molecule has 0 fully saturated rings. The summed E-state index contributed by atoms with van der Waals surface area (Å²) in [5.41, 5.74) is -5.68. The summed E-state index contributed by atoms with van der Waals surface area (Å²) in [5.74, 6) is -4.51. The van der Waals surface area contributed by atoms with Crippen LogP contribution in [-0.4, -0.2) is 62.8 Å². The average molecular weight is 725 g/mol. The minimum Gasteiger partial charge on any atom is -0.477 e. The maximum atomic E-state index is 10.5. The molecule has 0 heterocycles. The molecule has 0 aromatic heterocycles. The van der Waals surface area contributed by atoms with Crippen LogP contribution < -0.4 is 0 Å². The van der Waals surface area contributed by atoms with Gasteiger partial charge in [0.15, 0.2) is 0 Å². The predicted octanol–water partition coefficient (Wildman–Crippen LogP) is 3.60. The van der Waals surface area contributed by atoms with E-state index in [0.717, 1.165) is 36.4 Å². The van der Waals surface area contributed by atoms with Crippen molar-refractivity contribution in [3.05, 3.63) is 132 Å². The Morgan fingerprint density at radius 1 is 0.413 bits per heavy atom. The fraction of sp³-hybridized carbons (Fsp3) is 0. The summed E-state index contributed by atoms with van der Waals surface area (Å²) in [6, 6.07) is 7.04. The number of non-ortho nitro benzene ring substituents is 3. The van der Waals surface area contributed by atoms with Gasteiger partial charge in [-0.3, -0.25) is 60.7 Å². The number of carboxylic acids is 3. The molecule has 46 heavy (non-hydrogen) atoms. The van der Waals surface area contributed by atoms with E-state index in [1.807, 2.05) is 0 Å². The Hall–Kier alpha value is -6.43. The van der Waals surface area contributed by atoms with Crippen LogP contribution in [0.2, 0.25) is 0 Å². The Morgan fingerprint density at radius 3 is 0.739 bits per heavy atom. The first-order chi connectivity index (χ1) is 20.8. The molecular formula is C21H12N6O18Y. The minimum atomic E-state index is -1.50. The Balaban J connectivity index is 0.000000653. The molecule has 0 atom stereocenters. The van der Waals surface area contributed by atoms with Gasteiger partial charge in [-0.05, 0) is 18.2 Å². The van der Waals surface area contributed by atoms with Crippen molar-refractivity contribution >= 4 is 52.0 Å². The third kappa shape index (κ3) is 10.7. The van der Waals surface area contributed by atoms with Crippen molar-refractivity contribution in [2.75, 3.05) is 0 Å². The van der Waals surface area contributed by atoms with E-state index in [4.69, 9.17) is 15.3 Å². The summed E-state index contributed by atoms with van der Waals surface area (Å²) >= 11 is 0. The van der Waals surface area contributed by atoms with Crippen LogP contribution in [0.5, 0.6) is 0 Å². The van der Waals surface area contributed by atoms with E-state index in [9.17, 15) is 75.1 Å². The van der Waals surface area contributed by atoms with Crippen molar-refractivity contribution in [2.45, 2.75) is 0 Å². The number of aromatic carboxylic acids is 3. The first-order valence-electron chi connectivity index (χ1n) is 10.8. The Kier molecular flexibility index (Phi) is 14.6. The topological polar surface area (TPSA) is 371 Å². The van der Waals surface area contributed by atoms with Crippen molar-refractivity contribution < 1.29 is 92.0 Å². The van der Waals surface area contributed by atoms with Crippen molar-refractivity contribution in [2.24, 2.45) is 0 Å². The van der Waals surface area contributed by atoms with Crippen LogP contribution in [0.15, 0.2) is 54.6 Å². The standard InChI is InChI=1S/3C7H4N2O6.Y/c3*10-7(11)5-2-1-4(8(12)13)3-6(5)9(14)15;/h3*1-3H,(H,10,11);. The van der Waals surface area contributed by atoms with Crippen LogP contribution in [0, 0.1) is 60.7 Å². The SMILES string of the molecule is O=C(O)c1ccc([N+](=O)[O-])cc1[N+](=O)[O-].O=C(O)c1ccc([N+](=O)[O-])cc1[N+](=O)[O-].O=C(O)c1ccc([N+](=O)[O-])cc1[N+](=O)[O-].[Y]. The maximum Gasteiger partial charge on any atom is 0.342 e. The van der Waals surface area contributed by atoms with Crippen molar-refractivity contribution in [3.8, 4) is 0 Å². The fourth-order valence-corrected chi connectivity index (χ4v) is 2.90. The molecule has 0 saturated heterocycles. The van der Waals surface area contributed by atoms with Crippen LogP contribution in [0.3, 0.4) is 0 Å². The van der Waals surface area contributed by atoms with Crippen LogP contribution >= 0.6 is 0 Å². The largest absolute Gasteiger partial charge is 0.477 e. The van der Waals surface area contributed by atoms with Crippen LogP contribution in [0.1, 0.15) is 31.1 Å². The number of carboxylic acid groups (broad SMARTS) is 3. The summed E-state index contributed by atoms with van der Waals surface area (Å²) < 4.78 is 0. The monoisotopic (exact) mass is 725 g/mol. The molecule has 25 heteroatoms. The van der Waals surface area contributed by atoms with E-state index in [-0.39, 0.29) is 32.7 Å². The second kappa shape index (κ2) is 17.0. The van der Waals surface area contributed by atoms with Crippen LogP contribution in [0.4, 0.5) is 34.1 Å². The number of nitro groups is 6. The normalized spacial score (nSPS) is 9.39. The number of benzene rings is 3. The molecule has 0 saturated carbocycles. The number of carbonyl (C=O) groups is 3. The molecule has 0 amide bonds. The molecule has 0 aliphatic carbocycles. The first-order valence-corrected chi connectivity index (χ1v) is 10.8. The zero-order valence-electron chi connectivity index (χ0n) is 21.9. The Morgan fingerprint density at radius 2 is 0.609 bits per heavy atom. The van der Waals surface area contributed by atoms with E-state index in [1.165, 1.54) is 0 Å². The zero-order valence-corrected chi connectivity index (χ0v) is 24.8. The predicted molar refractivity (Wildman–Crippen MR) is 140 cm³/mol. The van der Waals surface area contributed by atoms with Gasteiger partial charge in [-0.2, -0.15) is 0 Å². The maximum absolute atomic E-state index is 10.5. The van der Waals surface area contributed by atoms with Crippen molar-refractivity contribution in [1.82, 2.24) is 0 Å². The average Bonchev–Trinajstić information content (AvgIpc) is 2.96. The molecule has 3 aromatic rings. The molecule has 0 spiro atoms. The Bertz CT molecular complexity index is 1570. The van der Waals surface area contributed by atoms with E-state index >= 15 is 0 Å². The molecule has 3 aromatic carbocycles. The number of hydrogen-bond acceptors (Lipinski definition) is 15. The molecule has 0 aliphatic rings. The summed E-state index contributed by atoms with van der Waals surface area (Å²) in [7, 11) is 0. The molecule has 0 unspecified atom stereocenters. The molecular weight excluding hydrogens is 713 g/mol. The number of rotatable bonds is 9. The van der Waals surface area contributed by atoms with Crippen LogP contribution in [0.25, 0.3) is 0 Å². The molecule has 1 radical (unpaired) electrons. The van der Waals surface area contributed by atoms with Gasteiger partial charge in [0, 0.05) is 50.9 Å². The van der Waals surface area contributed by atoms with Gasteiger partial charge in [-0.15, -0.1) is 0 Å². The van der Waals surface area contributed by atoms with E-state index in [2.05, 4.69) is 0 Å². The van der Waals surface area contributed by atoms with Gasteiger partial charge in [0.05, 0.1) is 47.7 Å². The van der Waals surface area contributed by atoms with Gasteiger partial charge in [0.2, 0.25) is 0 Å². The number of hydrogen-bond donors (Lipinski definition) is 3. The van der Waals surface area contributed by atoms with Gasteiger partial charge in [0.1, 0.15) is 16.7 Å². The molecule has 24 nitrogen and oxygen atoms in total. The van der Waals surface area contributed by atoms with E-state index in [0.29, 0.717) is 18.2 Å². The second-order valence-electron chi connectivity index (χ2n) is 7.56. The van der Waals surface area contributed by atoms with Gasteiger partial charge in [-0.1, -0.05) is 0 Å². The summed E-state index contributed by atoms with van der Waals surface area (Å²) in [4.78, 5) is 88.3. The van der Waals surface area contributed by atoms with Gasteiger partial charge in [0.25, 0.3) is 34.1 Å². The quantitative estimate of drug-likeness (QED) is 0.209. The summed E-state index contributed by atoms with van der Waals surface area (Å²) in [5, 5.41) is 87.8. The van der Waals surface area contributed by atoms with Crippen LogP contribution in [-0.2, 0) is 32.7 Å². The van der Waals surface area contributed by atoms with E-state index < -0.39 is 98.3 Å². The first kappa shape index (κ1) is 39.6. The smallest absolute Gasteiger partial charge is 0.342 e. The van der Waals surface area contributed by atoms with Gasteiger partial charge >= 0.3 is 17.9 Å². The third-order valence-electron chi connectivity index (χ3n) is 4.86.